The van der Waals surface area contributed by atoms with Gasteiger partial charge in [0.2, 0.25) is 12.7 Å². The Kier molecular flexibility index (Phi) is 8.81. The maximum atomic E-state index is 12.8. The van der Waals surface area contributed by atoms with Gasteiger partial charge in [0.1, 0.15) is 5.75 Å². The molecule has 5 rings (SSSR count). The number of phenols is 1. The average molecular weight is 571 g/mol. The number of ether oxygens (including phenoxy) is 4. The third kappa shape index (κ3) is 6.77. The van der Waals surface area contributed by atoms with Crippen LogP contribution in [0.4, 0.5) is 17.1 Å². The van der Waals surface area contributed by atoms with Crippen LogP contribution in [-0.2, 0) is 4.79 Å². The summed E-state index contributed by atoms with van der Waals surface area (Å²) in [6.07, 6.45) is 6.62. The predicted molar refractivity (Wildman–Crippen MR) is 164 cm³/mol. The van der Waals surface area contributed by atoms with Gasteiger partial charge in [-0.1, -0.05) is 12.1 Å². The molecule has 4 aromatic rings. The third-order valence-electron chi connectivity index (χ3n) is 6.85. The lowest BCUT2D eigenvalue weighted by Crippen LogP contribution is -2.17. The Morgan fingerprint density at radius 1 is 1.05 bits per heavy atom. The second kappa shape index (κ2) is 13.0. The number of aromatic hydroxyl groups is 1. The van der Waals surface area contributed by atoms with Gasteiger partial charge in [-0.05, 0) is 55.7 Å². The zero-order valence-electron chi connectivity index (χ0n) is 23.8. The van der Waals surface area contributed by atoms with Crippen molar-refractivity contribution in [3.8, 4) is 28.7 Å². The molecule has 0 spiro atoms. The van der Waals surface area contributed by atoms with E-state index in [2.05, 4.69) is 27.9 Å². The fourth-order valence-corrected chi connectivity index (χ4v) is 4.70. The van der Waals surface area contributed by atoms with E-state index in [1.807, 2.05) is 30.3 Å². The van der Waals surface area contributed by atoms with Gasteiger partial charge in [0, 0.05) is 48.4 Å². The van der Waals surface area contributed by atoms with Crippen molar-refractivity contribution in [2.24, 2.45) is 0 Å². The minimum Gasteiger partial charge on any atom is -0.504 e. The van der Waals surface area contributed by atoms with Crippen molar-refractivity contribution in [1.82, 2.24) is 4.98 Å². The van der Waals surface area contributed by atoms with E-state index in [4.69, 9.17) is 18.9 Å². The number of fused-ring (bicyclic) bond motifs is 2. The smallest absolute Gasteiger partial charge is 0.248 e. The molecule has 218 valence electrons. The molecule has 0 saturated carbocycles. The van der Waals surface area contributed by atoms with E-state index >= 15 is 0 Å². The summed E-state index contributed by atoms with van der Waals surface area (Å²) >= 11 is 0. The van der Waals surface area contributed by atoms with Crippen LogP contribution in [0.3, 0.4) is 0 Å². The molecule has 0 fully saturated rings. The number of nitrogens with zero attached hydrogens (tertiary/aromatic N) is 1. The number of nitrogens with one attached hydrogen (secondary N) is 3. The summed E-state index contributed by atoms with van der Waals surface area (Å²) in [5, 5.41) is 20.7. The molecule has 1 atom stereocenters. The summed E-state index contributed by atoms with van der Waals surface area (Å²) in [6.45, 7) is 2.94. The molecule has 3 aromatic carbocycles. The lowest BCUT2D eigenvalue weighted by molar-refractivity contribution is -0.111. The quantitative estimate of drug-likeness (QED) is 0.119. The maximum Gasteiger partial charge on any atom is 0.248 e. The lowest BCUT2D eigenvalue weighted by Gasteiger charge is -2.18. The van der Waals surface area contributed by atoms with E-state index in [0.717, 1.165) is 40.9 Å². The van der Waals surface area contributed by atoms with Gasteiger partial charge in [0.15, 0.2) is 23.0 Å². The van der Waals surface area contributed by atoms with Crippen molar-refractivity contribution in [2.45, 2.75) is 25.8 Å². The zero-order valence-corrected chi connectivity index (χ0v) is 23.8. The average Bonchev–Trinajstić information content (AvgIpc) is 3.46. The van der Waals surface area contributed by atoms with E-state index in [0.29, 0.717) is 35.0 Å². The van der Waals surface area contributed by atoms with Gasteiger partial charge in [-0.2, -0.15) is 0 Å². The summed E-state index contributed by atoms with van der Waals surface area (Å²) in [7, 11) is 3.13. The van der Waals surface area contributed by atoms with Gasteiger partial charge < -0.3 is 40.0 Å². The van der Waals surface area contributed by atoms with Crippen molar-refractivity contribution in [2.75, 3.05) is 43.5 Å². The Morgan fingerprint density at radius 2 is 1.86 bits per heavy atom. The number of rotatable bonds is 12. The van der Waals surface area contributed by atoms with Crippen LogP contribution in [0.5, 0.6) is 28.7 Å². The summed E-state index contributed by atoms with van der Waals surface area (Å²) in [5.41, 5.74) is 3.87. The molecule has 4 N–H and O–H groups in total. The molecule has 1 amide bonds. The number of methoxy groups -OCH3 is 2. The van der Waals surface area contributed by atoms with Crippen LogP contribution in [0.25, 0.3) is 17.0 Å². The summed E-state index contributed by atoms with van der Waals surface area (Å²) in [6, 6.07) is 16.5. The van der Waals surface area contributed by atoms with E-state index in [9.17, 15) is 9.90 Å². The van der Waals surface area contributed by atoms with Crippen molar-refractivity contribution >= 4 is 39.9 Å². The largest absolute Gasteiger partial charge is 0.504 e. The second-order valence-corrected chi connectivity index (χ2v) is 9.87. The molecule has 1 aromatic heterocycles. The number of aromatic nitrogens is 1. The molecule has 1 unspecified atom stereocenters. The highest BCUT2D eigenvalue weighted by atomic mass is 16.7. The van der Waals surface area contributed by atoms with E-state index < -0.39 is 0 Å². The number of hydrogen-bond donors (Lipinski definition) is 4. The van der Waals surface area contributed by atoms with Crippen molar-refractivity contribution < 1.29 is 28.8 Å². The van der Waals surface area contributed by atoms with Crippen molar-refractivity contribution in [3.05, 3.63) is 72.4 Å². The summed E-state index contributed by atoms with van der Waals surface area (Å²) < 4.78 is 21.7. The van der Waals surface area contributed by atoms with E-state index in [1.54, 1.807) is 37.6 Å². The number of carbonyl (C=O) groups excluding carboxylic acids is 1. The molecule has 0 aliphatic carbocycles. The first-order valence-corrected chi connectivity index (χ1v) is 13.7. The van der Waals surface area contributed by atoms with Gasteiger partial charge in [0.05, 0.1) is 36.8 Å². The number of carbonyl (C=O) groups is 1. The number of anilines is 3. The molecule has 10 nitrogen and oxygen atoms in total. The van der Waals surface area contributed by atoms with E-state index in [-0.39, 0.29) is 24.5 Å². The molecular formula is C32H34N4O6. The lowest BCUT2D eigenvalue weighted by atomic mass is 10.1. The second-order valence-electron chi connectivity index (χ2n) is 9.87. The van der Waals surface area contributed by atoms with Gasteiger partial charge in [-0.3, -0.25) is 9.78 Å². The van der Waals surface area contributed by atoms with Gasteiger partial charge in [-0.15, -0.1) is 0 Å². The van der Waals surface area contributed by atoms with Crippen molar-refractivity contribution in [3.63, 3.8) is 0 Å². The van der Waals surface area contributed by atoms with Crippen LogP contribution >= 0.6 is 0 Å². The number of hydrogen-bond acceptors (Lipinski definition) is 9. The number of benzene rings is 3. The first-order valence-electron chi connectivity index (χ1n) is 13.7. The Hall–Kier alpha value is -5.12. The first kappa shape index (κ1) is 28.4. The molecule has 0 saturated heterocycles. The first-order chi connectivity index (χ1) is 20.4. The molecule has 10 heteroatoms. The Bertz CT molecular complexity index is 1610. The SMILES string of the molecule is COc1cc(NC(C)CCCNc2cc3c(cc2NC(=O)C=Cc2ccc(O)c(OC)c2)OCO3)c2ncccc2c1. The fraction of sp³-hybridized carbons (Fsp3) is 0.250. The molecule has 2 heterocycles. The highest BCUT2D eigenvalue weighted by molar-refractivity contribution is 6.04. The minimum absolute atomic E-state index is 0.0335. The van der Waals surface area contributed by atoms with Crippen LogP contribution in [-0.4, -0.2) is 49.6 Å². The number of pyridine rings is 1. The predicted octanol–water partition coefficient (Wildman–Crippen LogP) is 6.03. The van der Waals surface area contributed by atoms with E-state index in [1.165, 1.54) is 19.3 Å². The molecule has 1 aliphatic heterocycles. The van der Waals surface area contributed by atoms with Gasteiger partial charge in [0.25, 0.3) is 0 Å². The third-order valence-corrected chi connectivity index (χ3v) is 6.85. The van der Waals surface area contributed by atoms with Crippen LogP contribution in [0.2, 0.25) is 0 Å². The van der Waals surface area contributed by atoms with Crippen molar-refractivity contribution in [1.29, 1.82) is 0 Å². The highest BCUT2D eigenvalue weighted by Gasteiger charge is 2.18. The number of amides is 1. The van der Waals surface area contributed by atoms with Crippen LogP contribution in [0, 0.1) is 0 Å². The Labute approximate surface area is 244 Å². The van der Waals surface area contributed by atoms with Gasteiger partial charge >= 0.3 is 0 Å². The van der Waals surface area contributed by atoms with Crippen LogP contribution < -0.4 is 34.9 Å². The maximum absolute atomic E-state index is 12.8. The number of phenolic OH excluding ortho intramolecular Hbond substituents is 1. The molecule has 42 heavy (non-hydrogen) atoms. The summed E-state index contributed by atoms with van der Waals surface area (Å²) in [4.78, 5) is 17.3. The Balaban J connectivity index is 1.20. The Morgan fingerprint density at radius 3 is 2.64 bits per heavy atom. The van der Waals surface area contributed by atoms with Crippen LogP contribution in [0.1, 0.15) is 25.3 Å². The zero-order chi connectivity index (χ0) is 29.5. The van der Waals surface area contributed by atoms with Gasteiger partial charge in [-0.25, -0.2) is 0 Å². The summed E-state index contributed by atoms with van der Waals surface area (Å²) in [5.74, 6) is 2.02. The fourth-order valence-electron chi connectivity index (χ4n) is 4.70. The normalized spacial score (nSPS) is 12.7. The monoisotopic (exact) mass is 570 g/mol. The molecular weight excluding hydrogens is 536 g/mol. The topological polar surface area (TPSA) is 123 Å². The minimum atomic E-state index is -0.319. The molecule has 0 bridgehead atoms. The molecule has 0 radical (unpaired) electrons. The highest BCUT2D eigenvalue weighted by Crippen LogP contribution is 2.40. The molecule has 1 aliphatic rings. The standard InChI is InChI=1S/C32H34N4O6/c1-20(35-26-16-23(39-2)15-22-7-5-13-34-32(22)26)6-4-12-33-24-17-29-30(42-19-41-29)18-25(24)36-31(38)11-9-21-8-10-27(37)28(14-21)40-3/h5,7-11,13-18,20,33,35,37H,4,6,12,19H2,1-3H3,(H,36,38). The van der Waals surface area contributed by atoms with Crippen LogP contribution in [0.15, 0.2) is 66.9 Å².